The molecule has 0 unspecified atom stereocenters. The zero-order chi connectivity index (χ0) is 19.0. The summed E-state index contributed by atoms with van der Waals surface area (Å²) < 4.78 is 1.86. The Hall–Kier alpha value is -2.09. The predicted octanol–water partition coefficient (Wildman–Crippen LogP) is 4.81. The Labute approximate surface area is 169 Å². The molecule has 4 rings (SSSR count). The van der Waals surface area contributed by atoms with Gasteiger partial charge in [0.15, 0.2) is 4.34 Å². The van der Waals surface area contributed by atoms with Gasteiger partial charge >= 0.3 is 0 Å². The van der Waals surface area contributed by atoms with Crippen LogP contribution in [-0.4, -0.2) is 28.6 Å². The van der Waals surface area contributed by atoms with Gasteiger partial charge < -0.3 is 10.2 Å². The normalized spacial score (nSPS) is 16.7. The van der Waals surface area contributed by atoms with Crippen LogP contribution >= 0.6 is 34.7 Å². The Kier molecular flexibility index (Phi) is 5.08. The number of nitrogens with zero attached hydrogens (tertiary/aromatic N) is 2. The maximum Gasteiger partial charge on any atom is 0.237 e. The van der Waals surface area contributed by atoms with Crippen LogP contribution in [0, 0.1) is 0 Å². The van der Waals surface area contributed by atoms with E-state index in [2.05, 4.69) is 10.3 Å². The Morgan fingerprint density at radius 1 is 1.37 bits per heavy atom. The number of nitrogens with one attached hydrogen (secondary N) is 1. The molecule has 0 saturated carbocycles. The van der Waals surface area contributed by atoms with Gasteiger partial charge in [-0.05, 0) is 37.3 Å². The molecule has 27 heavy (non-hydrogen) atoms. The maximum absolute atomic E-state index is 13.0. The van der Waals surface area contributed by atoms with Crippen LogP contribution in [0.3, 0.4) is 0 Å². The van der Waals surface area contributed by atoms with Gasteiger partial charge in [-0.25, -0.2) is 4.98 Å². The van der Waals surface area contributed by atoms with Gasteiger partial charge in [-0.2, -0.15) is 0 Å². The van der Waals surface area contributed by atoms with Crippen molar-refractivity contribution in [2.75, 3.05) is 16.0 Å². The first-order valence-electron chi connectivity index (χ1n) is 8.41. The van der Waals surface area contributed by atoms with Crippen molar-refractivity contribution in [3.05, 3.63) is 47.5 Å². The van der Waals surface area contributed by atoms with Gasteiger partial charge in [-0.1, -0.05) is 35.5 Å². The second kappa shape index (κ2) is 7.50. The topological polar surface area (TPSA) is 62.3 Å². The van der Waals surface area contributed by atoms with E-state index < -0.39 is 0 Å². The van der Waals surface area contributed by atoms with Gasteiger partial charge in [0.05, 0.1) is 27.3 Å². The molecule has 0 bridgehead atoms. The van der Waals surface area contributed by atoms with E-state index in [1.165, 1.54) is 11.8 Å². The summed E-state index contributed by atoms with van der Waals surface area (Å²) in [6.45, 7) is 1.89. The van der Waals surface area contributed by atoms with Crippen molar-refractivity contribution >= 4 is 68.1 Å². The van der Waals surface area contributed by atoms with Gasteiger partial charge in [0.1, 0.15) is 0 Å². The van der Waals surface area contributed by atoms with E-state index in [-0.39, 0.29) is 30.0 Å². The van der Waals surface area contributed by atoms with E-state index in [1.54, 1.807) is 16.2 Å². The molecule has 1 aliphatic heterocycles. The SMILES string of the molecule is C[C@H]1CC(=O)Nc2ccccc2N1C(=O)CSc1nc2cc(Cl)ccc2s1. The van der Waals surface area contributed by atoms with Crippen LogP contribution in [0.4, 0.5) is 11.4 Å². The van der Waals surface area contributed by atoms with Gasteiger partial charge in [0.25, 0.3) is 0 Å². The van der Waals surface area contributed by atoms with E-state index in [9.17, 15) is 9.59 Å². The first-order chi connectivity index (χ1) is 13.0. The molecule has 1 atom stereocenters. The minimum atomic E-state index is -0.212. The van der Waals surface area contributed by atoms with Crippen molar-refractivity contribution in [1.82, 2.24) is 4.98 Å². The lowest BCUT2D eigenvalue weighted by atomic mass is 10.2. The first-order valence-corrected chi connectivity index (χ1v) is 10.6. The third-order valence-corrected chi connectivity index (χ3v) is 6.68. The van der Waals surface area contributed by atoms with Crippen LogP contribution < -0.4 is 10.2 Å². The van der Waals surface area contributed by atoms with Crippen LogP contribution in [0.1, 0.15) is 13.3 Å². The summed E-state index contributed by atoms with van der Waals surface area (Å²) in [6, 6.07) is 12.8. The number of hydrogen-bond acceptors (Lipinski definition) is 5. The van der Waals surface area contributed by atoms with Crippen LogP contribution in [0.5, 0.6) is 0 Å². The molecular weight excluding hydrogens is 402 g/mol. The lowest BCUT2D eigenvalue weighted by Crippen LogP contribution is -2.40. The quantitative estimate of drug-likeness (QED) is 0.621. The van der Waals surface area contributed by atoms with Crippen molar-refractivity contribution < 1.29 is 9.59 Å². The number of benzene rings is 2. The number of hydrogen-bond donors (Lipinski definition) is 1. The lowest BCUT2D eigenvalue weighted by molar-refractivity contribution is -0.117. The highest BCUT2D eigenvalue weighted by molar-refractivity contribution is 8.01. The molecule has 1 aromatic heterocycles. The lowest BCUT2D eigenvalue weighted by Gasteiger charge is -2.27. The summed E-state index contributed by atoms with van der Waals surface area (Å²) in [5, 5.41) is 3.52. The molecule has 8 heteroatoms. The monoisotopic (exact) mass is 417 g/mol. The van der Waals surface area contributed by atoms with Crippen molar-refractivity contribution in [2.45, 2.75) is 23.7 Å². The third kappa shape index (κ3) is 3.81. The largest absolute Gasteiger partial charge is 0.324 e. The summed E-state index contributed by atoms with van der Waals surface area (Å²) in [5.74, 6) is 0.121. The molecule has 3 aromatic rings. The number of carbonyl (C=O) groups excluding carboxylic acids is 2. The molecule has 5 nitrogen and oxygen atoms in total. The van der Waals surface area contributed by atoms with Crippen molar-refractivity contribution in [1.29, 1.82) is 0 Å². The van der Waals surface area contributed by atoms with Crippen LogP contribution in [0.2, 0.25) is 5.02 Å². The van der Waals surface area contributed by atoms with Crippen LogP contribution in [0.25, 0.3) is 10.2 Å². The van der Waals surface area contributed by atoms with Gasteiger partial charge in [0, 0.05) is 17.5 Å². The highest BCUT2D eigenvalue weighted by Gasteiger charge is 2.29. The van der Waals surface area contributed by atoms with Crippen molar-refractivity contribution in [3.63, 3.8) is 0 Å². The van der Waals surface area contributed by atoms with Gasteiger partial charge in [-0.15, -0.1) is 11.3 Å². The Morgan fingerprint density at radius 3 is 3.04 bits per heavy atom. The molecule has 2 amide bonds. The smallest absolute Gasteiger partial charge is 0.237 e. The predicted molar refractivity (Wildman–Crippen MR) is 112 cm³/mol. The fraction of sp³-hybridized carbons (Fsp3) is 0.211. The molecule has 0 radical (unpaired) electrons. The van der Waals surface area contributed by atoms with E-state index in [0.29, 0.717) is 10.7 Å². The number of anilines is 2. The molecule has 1 aliphatic rings. The molecule has 2 aromatic carbocycles. The zero-order valence-electron chi connectivity index (χ0n) is 14.4. The second-order valence-corrected chi connectivity index (χ2v) is 8.95. The second-order valence-electron chi connectivity index (χ2n) is 6.26. The molecule has 0 fully saturated rings. The molecule has 0 aliphatic carbocycles. The molecule has 0 saturated heterocycles. The van der Waals surface area contributed by atoms with Crippen molar-refractivity contribution in [2.24, 2.45) is 0 Å². The van der Waals surface area contributed by atoms with Crippen LogP contribution in [-0.2, 0) is 9.59 Å². The summed E-state index contributed by atoms with van der Waals surface area (Å²) in [7, 11) is 0. The number of para-hydroxylation sites is 2. The van der Waals surface area contributed by atoms with E-state index in [1.807, 2.05) is 49.4 Å². The Balaban J connectivity index is 1.55. The highest BCUT2D eigenvalue weighted by Crippen LogP contribution is 2.34. The minimum Gasteiger partial charge on any atom is -0.324 e. The summed E-state index contributed by atoms with van der Waals surface area (Å²) in [5.41, 5.74) is 2.24. The fourth-order valence-electron chi connectivity index (χ4n) is 3.10. The van der Waals surface area contributed by atoms with E-state index in [4.69, 9.17) is 11.6 Å². The number of rotatable bonds is 3. The number of thioether (sulfide) groups is 1. The first kappa shape index (κ1) is 18.3. The van der Waals surface area contributed by atoms with E-state index >= 15 is 0 Å². The maximum atomic E-state index is 13.0. The number of carbonyl (C=O) groups is 2. The Bertz CT molecular complexity index is 1040. The standard InChI is InChI=1S/C19H16ClN3O2S2/c1-11-8-17(24)21-13-4-2-3-5-15(13)23(11)18(25)10-26-19-22-14-9-12(20)6-7-16(14)27-19/h2-7,9,11H,8,10H2,1H3,(H,21,24)/t11-/m0/s1. The summed E-state index contributed by atoms with van der Waals surface area (Å²) in [4.78, 5) is 31.3. The number of thiazole rings is 1. The van der Waals surface area contributed by atoms with Gasteiger partial charge in [0.2, 0.25) is 11.8 Å². The molecule has 2 heterocycles. The number of fused-ring (bicyclic) bond motifs is 2. The third-order valence-electron chi connectivity index (χ3n) is 4.28. The zero-order valence-corrected chi connectivity index (χ0v) is 16.8. The number of halogens is 1. The van der Waals surface area contributed by atoms with Gasteiger partial charge in [-0.3, -0.25) is 9.59 Å². The average molecular weight is 418 g/mol. The Morgan fingerprint density at radius 2 is 2.19 bits per heavy atom. The molecule has 0 spiro atoms. The average Bonchev–Trinajstić information content (AvgIpc) is 2.97. The number of amides is 2. The molecule has 138 valence electrons. The summed E-state index contributed by atoms with van der Waals surface area (Å²) >= 11 is 8.96. The molecular formula is C19H16ClN3O2S2. The van der Waals surface area contributed by atoms with E-state index in [0.717, 1.165) is 20.2 Å². The highest BCUT2D eigenvalue weighted by atomic mass is 35.5. The molecule has 1 N–H and O–H groups in total. The number of aromatic nitrogens is 1. The fourth-order valence-corrected chi connectivity index (χ4v) is 5.18. The van der Waals surface area contributed by atoms with Crippen LogP contribution in [0.15, 0.2) is 46.8 Å². The summed E-state index contributed by atoms with van der Waals surface area (Å²) in [6.07, 6.45) is 0.269. The minimum absolute atomic E-state index is 0.0475. The van der Waals surface area contributed by atoms with Crippen molar-refractivity contribution in [3.8, 4) is 0 Å².